The molecule has 2 aliphatic carbocycles. The maximum Gasteiger partial charge on any atom is 0.0704 e. The van der Waals surface area contributed by atoms with Crippen LogP contribution in [0.4, 0.5) is 0 Å². The molecule has 0 saturated heterocycles. The topological polar surface area (TPSA) is 18.5 Å². The van der Waals surface area contributed by atoms with Crippen molar-refractivity contribution >= 4 is 22.6 Å². The molecule has 2 nitrogen and oxygen atoms in total. The summed E-state index contributed by atoms with van der Waals surface area (Å²) in [6.45, 7) is 1.59. The van der Waals surface area contributed by atoms with Gasteiger partial charge in [-0.05, 0) is 32.1 Å². The molecule has 2 fully saturated rings. The van der Waals surface area contributed by atoms with Crippen LogP contribution < -0.4 is 0 Å². The van der Waals surface area contributed by atoms with Crippen LogP contribution in [0.2, 0.25) is 0 Å². The van der Waals surface area contributed by atoms with Gasteiger partial charge in [-0.15, -0.1) is 0 Å². The molecule has 0 aromatic rings. The Balaban J connectivity index is 1.51. The second kappa shape index (κ2) is 4.94. The van der Waals surface area contributed by atoms with E-state index in [1.165, 1.54) is 32.1 Å². The van der Waals surface area contributed by atoms with Gasteiger partial charge in [0.2, 0.25) is 0 Å². The highest BCUT2D eigenvalue weighted by atomic mass is 127. The summed E-state index contributed by atoms with van der Waals surface area (Å²) in [6, 6.07) is 0. The predicted octanol–water partition coefficient (Wildman–Crippen LogP) is 2.54. The highest BCUT2D eigenvalue weighted by molar-refractivity contribution is 14.1. The van der Waals surface area contributed by atoms with E-state index < -0.39 is 0 Å². The number of ether oxygens (including phenoxy) is 2. The molecule has 0 aliphatic heterocycles. The van der Waals surface area contributed by atoms with Gasteiger partial charge in [0.05, 0.1) is 25.4 Å². The third-order valence-corrected chi connectivity index (χ3v) is 4.09. The molecule has 0 bridgehead atoms. The summed E-state index contributed by atoms with van der Waals surface area (Å²) in [5.74, 6) is 0. The molecule has 0 N–H and O–H groups in total. The zero-order chi connectivity index (χ0) is 9.10. The van der Waals surface area contributed by atoms with E-state index >= 15 is 0 Å². The van der Waals surface area contributed by atoms with E-state index in [4.69, 9.17) is 9.47 Å². The lowest BCUT2D eigenvalue weighted by Gasteiger charge is -2.14. The zero-order valence-electron chi connectivity index (χ0n) is 7.88. The third-order valence-electron chi connectivity index (χ3n) is 2.67. The molecule has 2 aliphatic rings. The first kappa shape index (κ1) is 10.2. The molecular weight excluding hydrogens is 279 g/mol. The molecule has 2 unspecified atom stereocenters. The molecule has 0 aromatic heterocycles. The molecular formula is C10H17IO2. The Morgan fingerprint density at radius 2 is 1.77 bits per heavy atom. The lowest BCUT2D eigenvalue weighted by atomic mass is 10.3. The van der Waals surface area contributed by atoms with Crippen molar-refractivity contribution in [1.29, 1.82) is 0 Å². The molecule has 0 heterocycles. The van der Waals surface area contributed by atoms with Crippen molar-refractivity contribution < 1.29 is 9.47 Å². The van der Waals surface area contributed by atoms with Gasteiger partial charge in [-0.3, -0.25) is 0 Å². The van der Waals surface area contributed by atoms with Crippen molar-refractivity contribution in [3.63, 3.8) is 0 Å². The van der Waals surface area contributed by atoms with E-state index in [9.17, 15) is 0 Å². The summed E-state index contributed by atoms with van der Waals surface area (Å²) in [6.07, 6.45) is 7.51. The number of alkyl halides is 1. The van der Waals surface area contributed by atoms with Crippen LogP contribution in [0.5, 0.6) is 0 Å². The molecule has 0 radical (unpaired) electrons. The minimum absolute atomic E-state index is 0.503. The Kier molecular flexibility index (Phi) is 3.86. The van der Waals surface area contributed by atoms with Gasteiger partial charge in [0, 0.05) is 3.92 Å². The minimum Gasteiger partial charge on any atom is -0.376 e. The van der Waals surface area contributed by atoms with Crippen LogP contribution in [-0.4, -0.2) is 29.3 Å². The second-order valence-corrected chi connectivity index (χ2v) is 5.53. The molecule has 3 heteroatoms. The molecule has 0 aromatic carbocycles. The van der Waals surface area contributed by atoms with Crippen LogP contribution in [0.3, 0.4) is 0 Å². The van der Waals surface area contributed by atoms with Crippen LogP contribution in [0, 0.1) is 0 Å². The number of halogens is 1. The summed E-state index contributed by atoms with van der Waals surface area (Å²) in [4.78, 5) is 0. The first-order chi connectivity index (χ1) is 6.36. The van der Waals surface area contributed by atoms with Gasteiger partial charge in [0.15, 0.2) is 0 Å². The average molecular weight is 296 g/mol. The standard InChI is InChI=1S/C10H17IO2/c11-9-2-1-3-10(9)13-7-6-12-8-4-5-8/h8-10H,1-7H2. The Bertz CT molecular complexity index is 159. The Morgan fingerprint density at radius 3 is 2.38 bits per heavy atom. The van der Waals surface area contributed by atoms with E-state index in [1.54, 1.807) is 0 Å². The Morgan fingerprint density at radius 1 is 1.00 bits per heavy atom. The average Bonchev–Trinajstić information content (AvgIpc) is 2.86. The number of hydrogen-bond donors (Lipinski definition) is 0. The fourth-order valence-electron chi connectivity index (χ4n) is 1.72. The predicted molar refractivity (Wildman–Crippen MR) is 60.4 cm³/mol. The third kappa shape index (κ3) is 3.36. The molecule has 2 atom stereocenters. The highest BCUT2D eigenvalue weighted by Crippen LogP contribution is 2.28. The smallest absolute Gasteiger partial charge is 0.0704 e. The van der Waals surface area contributed by atoms with Gasteiger partial charge >= 0.3 is 0 Å². The summed E-state index contributed by atoms with van der Waals surface area (Å²) in [7, 11) is 0. The maximum atomic E-state index is 5.76. The summed E-state index contributed by atoms with van der Waals surface area (Å²) < 4.78 is 12.0. The molecule has 13 heavy (non-hydrogen) atoms. The van der Waals surface area contributed by atoms with Crippen molar-refractivity contribution in [2.24, 2.45) is 0 Å². The Hall–Kier alpha value is 0.650. The first-order valence-corrected chi connectivity index (χ1v) is 6.48. The van der Waals surface area contributed by atoms with Crippen molar-refractivity contribution in [3.05, 3.63) is 0 Å². The number of hydrogen-bond acceptors (Lipinski definition) is 2. The second-order valence-electron chi connectivity index (χ2n) is 3.93. The van der Waals surface area contributed by atoms with E-state index in [-0.39, 0.29) is 0 Å². The SMILES string of the molecule is IC1CCCC1OCCOC1CC1. The van der Waals surface area contributed by atoms with Gasteiger partial charge in [-0.25, -0.2) is 0 Å². The van der Waals surface area contributed by atoms with Crippen LogP contribution in [0.1, 0.15) is 32.1 Å². The van der Waals surface area contributed by atoms with Gasteiger partial charge < -0.3 is 9.47 Å². The monoisotopic (exact) mass is 296 g/mol. The van der Waals surface area contributed by atoms with Gasteiger partial charge in [0.25, 0.3) is 0 Å². The summed E-state index contributed by atoms with van der Waals surface area (Å²) in [5, 5.41) is 0. The van der Waals surface area contributed by atoms with Gasteiger partial charge in [-0.2, -0.15) is 0 Å². The fraction of sp³-hybridized carbons (Fsp3) is 1.00. The quantitative estimate of drug-likeness (QED) is 0.441. The normalized spacial score (nSPS) is 33.9. The van der Waals surface area contributed by atoms with Gasteiger partial charge in [0.1, 0.15) is 0 Å². The molecule has 2 saturated carbocycles. The van der Waals surface area contributed by atoms with Crippen molar-refractivity contribution in [2.45, 2.75) is 48.2 Å². The molecule has 0 spiro atoms. The van der Waals surface area contributed by atoms with E-state index in [0.717, 1.165) is 17.1 Å². The zero-order valence-corrected chi connectivity index (χ0v) is 10.0. The fourth-order valence-corrected chi connectivity index (χ4v) is 2.73. The van der Waals surface area contributed by atoms with Crippen LogP contribution in [0.15, 0.2) is 0 Å². The largest absolute Gasteiger partial charge is 0.376 e. The van der Waals surface area contributed by atoms with Crippen LogP contribution in [0.25, 0.3) is 0 Å². The van der Waals surface area contributed by atoms with Gasteiger partial charge in [-0.1, -0.05) is 22.6 Å². The molecule has 2 rings (SSSR count). The summed E-state index contributed by atoms with van der Waals surface area (Å²) in [5.41, 5.74) is 0. The molecule has 76 valence electrons. The van der Waals surface area contributed by atoms with E-state index in [0.29, 0.717) is 12.2 Å². The first-order valence-electron chi connectivity index (χ1n) is 5.23. The van der Waals surface area contributed by atoms with E-state index in [2.05, 4.69) is 22.6 Å². The lowest BCUT2D eigenvalue weighted by Crippen LogP contribution is -2.20. The molecule has 0 amide bonds. The lowest BCUT2D eigenvalue weighted by molar-refractivity contribution is 0.00642. The van der Waals surface area contributed by atoms with E-state index in [1.807, 2.05) is 0 Å². The maximum absolute atomic E-state index is 5.76. The summed E-state index contributed by atoms with van der Waals surface area (Å²) >= 11 is 2.51. The Labute approximate surface area is 93.5 Å². The van der Waals surface area contributed by atoms with Crippen LogP contribution >= 0.6 is 22.6 Å². The van der Waals surface area contributed by atoms with Crippen molar-refractivity contribution in [1.82, 2.24) is 0 Å². The highest BCUT2D eigenvalue weighted by Gasteiger charge is 2.26. The minimum atomic E-state index is 0.503. The van der Waals surface area contributed by atoms with Crippen molar-refractivity contribution in [2.75, 3.05) is 13.2 Å². The van der Waals surface area contributed by atoms with Crippen molar-refractivity contribution in [3.8, 4) is 0 Å². The van der Waals surface area contributed by atoms with Crippen LogP contribution in [-0.2, 0) is 9.47 Å². The number of rotatable bonds is 5.